The molecule has 0 bridgehead atoms. The molecule has 1 aromatic rings. The van der Waals surface area contributed by atoms with Gasteiger partial charge in [-0.25, -0.2) is 0 Å². The van der Waals surface area contributed by atoms with E-state index in [0.717, 1.165) is 11.3 Å². The van der Waals surface area contributed by atoms with E-state index in [2.05, 4.69) is 0 Å². The molecule has 1 atom stereocenters. The highest BCUT2D eigenvalue weighted by Gasteiger charge is 2.08. The predicted molar refractivity (Wildman–Crippen MR) is 52.8 cm³/mol. The van der Waals surface area contributed by atoms with E-state index in [0.29, 0.717) is 0 Å². The molecule has 2 nitrogen and oxygen atoms in total. The smallest absolute Gasteiger partial charge is 0.125 e. The number of hydrogen-bond donors (Lipinski definition) is 1. The minimum absolute atomic E-state index is 0.139. The summed E-state index contributed by atoms with van der Waals surface area (Å²) in [6, 6.07) is 7.56. The van der Waals surface area contributed by atoms with Crippen molar-refractivity contribution in [1.29, 1.82) is 0 Å². The maximum atomic E-state index is 9.44. The third kappa shape index (κ3) is 2.74. The molecule has 1 aromatic carbocycles. The Bertz CT molecular complexity index is 267. The molecule has 1 unspecified atom stereocenters. The Labute approximate surface area is 79.2 Å². The van der Waals surface area contributed by atoms with Gasteiger partial charge in [-0.15, -0.1) is 0 Å². The first kappa shape index (κ1) is 10.1. The Hall–Kier alpha value is -1.02. The van der Waals surface area contributed by atoms with E-state index in [9.17, 15) is 5.11 Å². The minimum Gasteiger partial charge on any atom is -0.491 e. The Morgan fingerprint density at radius 1 is 1.15 bits per heavy atom. The fourth-order valence-electron chi connectivity index (χ4n) is 1.19. The van der Waals surface area contributed by atoms with E-state index in [4.69, 9.17) is 4.74 Å². The van der Waals surface area contributed by atoms with E-state index in [1.165, 1.54) is 0 Å². The highest BCUT2D eigenvalue weighted by atomic mass is 16.5. The van der Waals surface area contributed by atoms with Crippen molar-refractivity contribution < 1.29 is 9.84 Å². The summed E-state index contributed by atoms with van der Waals surface area (Å²) in [4.78, 5) is 0. The van der Waals surface area contributed by atoms with Crippen LogP contribution in [-0.2, 0) is 0 Å². The van der Waals surface area contributed by atoms with E-state index in [-0.39, 0.29) is 6.10 Å². The lowest BCUT2D eigenvalue weighted by Gasteiger charge is -2.15. The summed E-state index contributed by atoms with van der Waals surface area (Å²) in [7, 11) is 0. The van der Waals surface area contributed by atoms with Gasteiger partial charge < -0.3 is 9.84 Å². The third-order valence-corrected chi connectivity index (χ3v) is 1.73. The molecular formula is C11H16O2. The molecule has 0 saturated carbocycles. The van der Waals surface area contributed by atoms with Crippen LogP contribution in [0.15, 0.2) is 24.3 Å². The Kier molecular flexibility index (Phi) is 3.32. The predicted octanol–water partition coefficient (Wildman–Crippen LogP) is 2.53. The van der Waals surface area contributed by atoms with Gasteiger partial charge in [0, 0.05) is 5.56 Å². The lowest BCUT2D eigenvalue weighted by molar-refractivity contribution is 0.183. The van der Waals surface area contributed by atoms with Gasteiger partial charge in [-0.1, -0.05) is 18.2 Å². The molecule has 13 heavy (non-hydrogen) atoms. The normalized spacial score (nSPS) is 13.0. The summed E-state index contributed by atoms with van der Waals surface area (Å²) >= 11 is 0. The van der Waals surface area contributed by atoms with Crippen molar-refractivity contribution in [3.05, 3.63) is 29.8 Å². The zero-order chi connectivity index (χ0) is 9.84. The molecule has 1 rings (SSSR count). The molecule has 1 N–H and O–H groups in total. The SMILES string of the molecule is CC(C)Oc1ccccc1C(C)O. The van der Waals surface area contributed by atoms with E-state index < -0.39 is 6.10 Å². The van der Waals surface area contributed by atoms with Crippen molar-refractivity contribution in [2.24, 2.45) is 0 Å². The van der Waals surface area contributed by atoms with E-state index >= 15 is 0 Å². The Morgan fingerprint density at radius 3 is 2.31 bits per heavy atom. The van der Waals surface area contributed by atoms with Crippen LogP contribution in [0.25, 0.3) is 0 Å². The van der Waals surface area contributed by atoms with Crippen LogP contribution in [-0.4, -0.2) is 11.2 Å². The van der Waals surface area contributed by atoms with Crippen LogP contribution in [0.4, 0.5) is 0 Å². The number of rotatable bonds is 3. The molecule has 0 heterocycles. The topological polar surface area (TPSA) is 29.5 Å². The molecule has 0 radical (unpaired) electrons. The van der Waals surface area contributed by atoms with Gasteiger partial charge >= 0.3 is 0 Å². The standard InChI is InChI=1S/C11H16O2/c1-8(2)13-11-7-5-4-6-10(11)9(3)12/h4-9,12H,1-3H3. The second kappa shape index (κ2) is 4.28. The van der Waals surface area contributed by atoms with Gasteiger partial charge in [-0.2, -0.15) is 0 Å². The molecule has 0 aliphatic carbocycles. The average Bonchev–Trinajstić information content (AvgIpc) is 2.03. The molecule has 0 aliphatic heterocycles. The van der Waals surface area contributed by atoms with E-state index in [1.54, 1.807) is 6.92 Å². The number of aliphatic hydroxyl groups is 1. The van der Waals surface area contributed by atoms with Gasteiger partial charge in [0.25, 0.3) is 0 Å². The van der Waals surface area contributed by atoms with Crippen LogP contribution < -0.4 is 4.74 Å². The zero-order valence-electron chi connectivity index (χ0n) is 8.32. The van der Waals surface area contributed by atoms with Crippen LogP contribution in [0, 0.1) is 0 Å². The van der Waals surface area contributed by atoms with Gasteiger partial charge in [0.2, 0.25) is 0 Å². The van der Waals surface area contributed by atoms with Crippen molar-refractivity contribution in [2.45, 2.75) is 33.0 Å². The molecule has 0 saturated heterocycles. The molecule has 2 heteroatoms. The number of ether oxygens (including phenoxy) is 1. The summed E-state index contributed by atoms with van der Waals surface area (Å²) in [6.45, 7) is 5.68. The van der Waals surface area contributed by atoms with Crippen LogP contribution in [0.3, 0.4) is 0 Å². The summed E-state index contributed by atoms with van der Waals surface area (Å²) in [5, 5.41) is 9.44. The van der Waals surface area contributed by atoms with E-state index in [1.807, 2.05) is 38.1 Å². The van der Waals surface area contributed by atoms with Gasteiger partial charge in [-0.3, -0.25) is 0 Å². The first-order valence-electron chi connectivity index (χ1n) is 4.55. The maximum Gasteiger partial charge on any atom is 0.125 e. The highest BCUT2D eigenvalue weighted by Crippen LogP contribution is 2.25. The molecule has 0 aromatic heterocycles. The fraction of sp³-hybridized carbons (Fsp3) is 0.455. The quantitative estimate of drug-likeness (QED) is 0.774. The third-order valence-electron chi connectivity index (χ3n) is 1.73. The van der Waals surface area contributed by atoms with Gasteiger partial charge in [0.1, 0.15) is 5.75 Å². The largest absolute Gasteiger partial charge is 0.491 e. The second-order valence-electron chi connectivity index (χ2n) is 3.38. The summed E-state index contributed by atoms with van der Waals surface area (Å²) in [6.07, 6.45) is -0.338. The fourth-order valence-corrected chi connectivity index (χ4v) is 1.19. The van der Waals surface area contributed by atoms with Crippen molar-refractivity contribution in [1.82, 2.24) is 0 Å². The van der Waals surface area contributed by atoms with Gasteiger partial charge in [-0.05, 0) is 26.8 Å². The van der Waals surface area contributed by atoms with Crippen LogP contribution in [0.2, 0.25) is 0 Å². The first-order chi connectivity index (χ1) is 6.11. The number of hydrogen-bond acceptors (Lipinski definition) is 2. The van der Waals surface area contributed by atoms with Crippen LogP contribution >= 0.6 is 0 Å². The van der Waals surface area contributed by atoms with Crippen molar-refractivity contribution in [3.8, 4) is 5.75 Å². The Morgan fingerprint density at radius 2 is 1.77 bits per heavy atom. The second-order valence-corrected chi connectivity index (χ2v) is 3.38. The Balaban J connectivity index is 2.91. The summed E-state index contributed by atoms with van der Waals surface area (Å²) in [5.41, 5.74) is 0.844. The van der Waals surface area contributed by atoms with Gasteiger partial charge in [0.05, 0.1) is 12.2 Å². The maximum absolute atomic E-state index is 9.44. The van der Waals surface area contributed by atoms with Crippen molar-refractivity contribution in [3.63, 3.8) is 0 Å². The minimum atomic E-state index is -0.477. The highest BCUT2D eigenvalue weighted by molar-refractivity contribution is 5.34. The van der Waals surface area contributed by atoms with Crippen LogP contribution in [0.5, 0.6) is 5.75 Å². The molecule has 0 fully saturated rings. The number of aliphatic hydroxyl groups excluding tert-OH is 1. The zero-order valence-corrected chi connectivity index (χ0v) is 8.32. The lowest BCUT2D eigenvalue weighted by Crippen LogP contribution is -2.08. The summed E-state index contributed by atoms with van der Waals surface area (Å²) < 4.78 is 5.55. The molecule has 0 spiro atoms. The first-order valence-corrected chi connectivity index (χ1v) is 4.55. The van der Waals surface area contributed by atoms with Gasteiger partial charge in [0.15, 0.2) is 0 Å². The molecule has 0 aliphatic rings. The molecule has 72 valence electrons. The lowest BCUT2D eigenvalue weighted by atomic mass is 10.1. The van der Waals surface area contributed by atoms with Crippen molar-refractivity contribution >= 4 is 0 Å². The molecular weight excluding hydrogens is 164 g/mol. The monoisotopic (exact) mass is 180 g/mol. The van der Waals surface area contributed by atoms with Crippen molar-refractivity contribution in [2.75, 3.05) is 0 Å². The van der Waals surface area contributed by atoms with Crippen LogP contribution in [0.1, 0.15) is 32.4 Å². The average molecular weight is 180 g/mol. The molecule has 0 amide bonds. The number of benzene rings is 1. The summed E-state index contributed by atoms with van der Waals surface area (Å²) in [5.74, 6) is 0.771. The number of para-hydroxylation sites is 1.